The summed E-state index contributed by atoms with van der Waals surface area (Å²) < 4.78 is 2.06. The standard InChI is InChI=1S/C2H3I3/c3-1-2(4)5/h2H,1H2. The van der Waals surface area contributed by atoms with Gasteiger partial charge in [0.15, 0.2) is 0 Å². The number of alkyl halides is 3. The Morgan fingerprint density at radius 1 is 1.40 bits per heavy atom. The van der Waals surface area contributed by atoms with Crippen LogP contribution >= 0.6 is 67.8 Å². The summed E-state index contributed by atoms with van der Waals surface area (Å²) in [5.41, 5.74) is 0. The largest absolute Gasteiger partial charge is 0.0844 e. The molecule has 0 aromatic rings. The molecule has 0 aromatic heterocycles. The van der Waals surface area contributed by atoms with Crippen LogP contribution in [0, 0.1) is 0 Å². The minimum atomic E-state index is 0.811. The van der Waals surface area contributed by atoms with Crippen LogP contribution < -0.4 is 0 Å². The molecule has 0 amide bonds. The second-order valence-electron chi connectivity index (χ2n) is 0.545. The SMILES string of the molecule is ICC(I)I. The Morgan fingerprint density at radius 2 is 1.60 bits per heavy atom. The molecular weight excluding hydrogens is 405 g/mol. The summed E-state index contributed by atoms with van der Waals surface area (Å²) in [5.74, 6) is 0. The fourth-order valence-corrected chi connectivity index (χ4v) is 0. The predicted octanol–water partition coefficient (Wildman–Crippen LogP) is 2.62. The highest BCUT2D eigenvalue weighted by molar-refractivity contribution is 14.2. The van der Waals surface area contributed by atoms with Crippen molar-refractivity contribution in [3.05, 3.63) is 0 Å². The lowest BCUT2D eigenvalue weighted by Gasteiger charge is -1.84. The van der Waals surface area contributed by atoms with Crippen molar-refractivity contribution in [1.29, 1.82) is 0 Å². The van der Waals surface area contributed by atoms with Gasteiger partial charge in [-0.15, -0.1) is 0 Å². The molecule has 0 atom stereocenters. The third-order valence-electron chi connectivity index (χ3n) is 0.117. The summed E-state index contributed by atoms with van der Waals surface area (Å²) in [4.78, 5) is 0. The molecule has 32 valence electrons. The molecule has 0 nitrogen and oxygen atoms in total. The molecule has 0 radical (unpaired) electrons. The van der Waals surface area contributed by atoms with E-state index >= 15 is 0 Å². The smallest absolute Gasteiger partial charge is 0.0715 e. The van der Waals surface area contributed by atoms with E-state index in [2.05, 4.69) is 67.8 Å². The molecule has 0 saturated heterocycles. The van der Waals surface area contributed by atoms with Gasteiger partial charge in [0.25, 0.3) is 0 Å². The van der Waals surface area contributed by atoms with Crippen LogP contribution in [0.15, 0.2) is 0 Å². The van der Waals surface area contributed by atoms with Crippen molar-refractivity contribution in [2.75, 3.05) is 4.43 Å². The fourth-order valence-electron chi connectivity index (χ4n) is 0. The van der Waals surface area contributed by atoms with E-state index in [1.54, 1.807) is 0 Å². The van der Waals surface area contributed by atoms with E-state index in [1.807, 2.05) is 0 Å². The van der Waals surface area contributed by atoms with Gasteiger partial charge in [0.2, 0.25) is 0 Å². The molecule has 0 aliphatic carbocycles. The minimum absolute atomic E-state index is 0.811. The van der Waals surface area contributed by atoms with Gasteiger partial charge >= 0.3 is 0 Å². The molecule has 3 heteroatoms. The maximum Gasteiger partial charge on any atom is 0.0715 e. The van der Waals surface area contributed by atoms with E-state index in [1.165, 1.54) is 4.43 Å². The van der Waals surface area contributed by atoms with E-state index in [-0.39, 0.29) is 0 Å². The van der Waals surface area contributed by atoms with Crippen LogP contribution in [0.4, 0.5) is 0 Å². The first kappa shape index (κ1) is 7.19. The van der Waals surface area contributed by atoms with Gasteiger partial charge in [-0.1, -0.05) is 67.8 Å². The van der Waals surface area contributed by atoms with E-state index < -0.39 is 0 Å². The van der Waals surface area contributed by atoms with Crippen LogP contribution in [0.2, 0.25) is 0 Å². The van der Waals surface area contributed by atoms with Gasteiger partial charge < -0.3 is 0 Å². The Labute approximate surface area is 72.9 Å². The Kier molecular flexibility index (Phi) is 6.26. The number of rotatable bonds is 1. The molecule has 0 fully saturated rings. The molecule has 0 bridgehead atoms. The summed E-state index contributed by atoms with van der Waals surface area (Å²) in [6.45, 7) is 0. The summed E-state index contributed by atoms with van der Waals surface area (Å²) in [6, 6.07) is 0. The molecule has 0 spiro atoms. The maximum absolute atomic E-state index is 2.39. The number of hydrogen-bond acceptors (Lipinski definition) is 0. The maximum atomic E-state index is 2.39. The molecule has 0 aromatic carbocycles. The normalized spacial score (nSPS) is 9.60. The molecule has 5 heavy (non-hydrogen) atoms. The highest BCUT2D eigenvalue weighted by atomic mass is 127. The fraction of sp³-hybridized carbons (Fsp3) is 1.00. The first-order valence-electron chi connectivity index (χ1n) is 1.11. The lowest BCUT2D eigenvalue weighted by molar-refractivity contribution is 1.62. The number of halogens is 3. The zero-order valence-electron chi connectivity index (χ0n) is 2.42. The van der Waals surface area contributed by atoms with Crippen molar-refractivity contribution < 1.29 is 0 Å². The molecule has 0 saturated carbocycles. The van der Waals surface area contributed by atoms with Crippen LogP contribution in [-0.2, 0) is 0 Å². The van der Waals surface area contributed by atoms with Crippen molar-refractivity contribution in [2.24, 2.45) is 0 Å². The molecule has 0 aliphatic heterocycles. The molecule has 0 N–H and O–H groups in total. The first-order valence-corrected chi connectivity index (χ1v) is 5.13. The predicted molar refractivity (Wildman–Crippen MR) is 50.7 cm³/mol. The molecule has 0 unspecified atom stereocenters. The Morgan fingerprint density at radius 3 is 1.60 bits per heavy atom. The van der Waals surface area contributed by atoms with E-state index in [9.17, 15) is 0 Å². The topological polar surface area (TPSA) is 0 Å². The monoisotopic (exact) mass is 408 g/mol. The van der Waals surface area contributed by atoms with Crippen LogP contribution in [0.1, 0.15) is 0 Å². The Balaban J connectivity index is 2.54. The van der Waals surface area contributed by atoms with Gasteiger partial charge in [0.1, 0.15) is 0 Å². The first-order chi connectivity index (χ1) is 2.27. The summed E-state index contributed by atoms with van der Waals surface area (Å²) in [7, 11) is 0. The molecular formula is C2H3I3. The number of hydrogen-bond donors (Lipinski definition) is 0. The van der Waals surface area contributed by atoms with Crippen molar-refractivity contribution >= 4 is 67.8 Å². The van der Waals surface area contributed by atoms with E-state index in [0.717, 1.165) is 1.93 Å². The average molecular weight is 408 g/mol. The average Bonchev–Trinajstić information content (AvgIpc) is 1.38. The highest BCUT2D eigenvalue weighted by Crippen LogP contribution is 2.11. The van der Waals surface area contributed by atoms with Crippen LogP contribution in [0.25, 0.3) is 0 Å². The van der Waals surface area contributed by atoms with Gasteiger partial charge in [0.05, 0.1) is 1.93 Å². The van der Waals surface area contributed by atoms with Gasteiger partial charge in [-0.25, -0.2) is 0 Å². The summed E-state index contributed by atoms with van der Waals surface area (Å²) in [5, 5.41) is 0. The quantitative estimate of drug-likeness (QED) is 0.463. The Bertz CT molecular complexity index is 18.9. The lowest BCUT2D eigenvalue weighted by atomic mass is 11.0. The highest BCUT2D eigenvalue weighted by Gasteiger charge is 1.86. The summed E-state index contributed by atoms with van der Waals surface area (Å²) in [6.07, 6.45) is 0. The van der Waals surface area contributed by atoms with Gasteiger partial charge in [0, 0.05) is 4.43 Å². The molecule has 0 heterocycles. The molecule has 0 rings (SSSR count). The van der Waals surface area contributed by atoms with Crippen LogP contribution in [0.5, 0.6) is 0 Å². The van der Waals surface area contributed by atoms with Gasteiger partial charge in [-0.2, -0.15) is 0 Å². The third-order valence-corrected chi connectivity index (χ3v) is 5.25. The summed E-state index contributed by atoms with van der Waals surface area (Å²) >= 11 is 7.13. The van der Waals surface area contributed by atoms with E-state index in [4.69, 9.17) is 0 Å². The van der Waals surface area contributed by atoms with Gasteiger partial charge in [-0.05, 0) is 0 Å². The second kappa shape index (κ2) is 4.35. The Hall–Kier alpha value is 2.19. The van der Waals surface area contributed by atoms with E-state index in [0.29, 0.717) is 0 Å². The second-order valence-corrected chi connectivity index (χ2v) is 6.82. The van der Waals surface area contributed by atoms with Crippen molar-refractivity contribution in [3.63, 3.8) is 0 Å². The van der Waals surface area contributed by atoms with Crippen LogP contribution in [-0.4, -0.2) is 6.36 Å². The van der Waals surface area contributed by atoms with Crippen molar-refractivity contribution in [1.82, 2.24) is 0 Å². The van der Waals surface area contributed by atoms with Crippen LogP contribution in [0.3, 0.4) is 0 Å². The minimum Gasteiger partial charge on any atom is -0.0844 e. The molecule has 0 aliphatic rings. The zero-order valence-corrected chi connectivity index (χ0v) is 8.89. The third kappa shape index (κ3) is 6.19. The van der Waals surface area contributed by atoms with Gasteiger partial charge in [-0.3, -0.25) is 0 Å². The zero-order chi connectivity index (χ0) is 4.28. The van der Waals surface area contributed by atoms with Crippen molar-refractivity contribution in [2.45, 2.75) is 1.93 Å². The lowest BCUT2D eigenvalue weighted by Crippen LogP contribution is -1.78. The van der Waals surface area contributed by atoms with Crippen molar-refractivity contribution in [3.8, 4) is 0 Å².